The van der Waals surface area contributed by atoms with E-state index in [-0.39, 0.29) is 9.68 Å². The van der Waals surface area contributed by atoms with E-state index in [0.29, 0.717) is 12.1 Å². The zero-order chi connectivity index (χ0) is 10.6. The van der Waals surface area contributed by atoms with Gasteiger partial charge < -0.3 is 4.57 Å². The average molecular weight is 207 g/mol. The highest BCUT2D eigenvalue weighted by atomic mass is 28.2. The fourth-order valence-electron chi connectivity index (χ4n) is 1.76. The van der Waals surface area contributed by atoms with Gasteiger partial charge >= 0.3 is 0 Å². The van der Waals surface area contributed by atoms with Gasteiger partial charge in [0.05, 0.1) is 0 Å². The Hall–Kier alpha value is -0.603. The molecule has 1 aromatic rings. The topological polar surface area (TPSA) is 3.24 Å². The number of nitrogens with zero attached hydrogens (tertiary/aromatic N) is 1. The quantitative estimate of drug-likeness (QED) is 0.677. The van der Waals surface area contributed by atoms with Crippen LogP contribution in [0, 0.1) is 0 Å². The maximum absolute atomic E-state index is 2.63. The lowest BCUT2D eigenvalue weighted by Crippen LogP contribution is -2.44. The van der Waals surface area contributed by atoms with E-state index in [1.807, 2.05) is 0 Å². The second kappa shape index (κ2) is 5.32. The molecule has 1 aromatic carbocycles. The van der Waals surface area contributed by atoms with Crippen molar-refractivity contribution in [3.63, 3.8) is 0 Å². The molecular weight excluding hydrogens is 186 g/mol. The lowest BCUT2D eigenvalue weighted by atomic mass is 10.3. The molecule has 0 aliphatic carbocycles. The van der Waals surface area contributed by atoms with Crippen molar-refractivity contribution in [3.8, 4) is 0 Å². The molecule has 0 heterocycles. The normalized spacial score (nSPS) is 12.5. The maximum atomic E-state index is 2.63. The van der Waals surface area contributed by atoms with Gasteiger partial charge in [0.25, 0.3) is 0 Å². The van der Waals surface area contributed by atoms with Crippen LogP contribution in [0.2, 0.25) is 0 Å². The maximum Gasteiger partial charge on any atom is 0.127 e. The van der Waals surface area contributed by atoms with Gasteiger partial charge in [0.2, 0.25) is 0 Å². The summed E-state index contributed by atoms with van der Waals surface area (Å²) in [6.45, 7) is 9.15. The molecule has 0 aromatic heterocycles. The van der Waals surface area contributed by atoms with Crippen LogP contribution < -0.4 is 5.19 Å². The Bertz CT molecular complexity index is 248. The molecule has 14 heavy (non-hydrogen) atoms. The van der Waals surface area contributed by atoms with Crippen molar-refractivity contribution >= 4 is 14.9 Å². The first kappa shape index (κ1) is 11.5. The average Bonchev–Trinajstić information content (AvgIpc) is 2.15. The zero-order valence-corrected chi connectivity index (χ0v) is 11.1. The molecule has 0 unspecified atom stereocenters. The summed E-state index contributed by atoms with van der Waals surface area (Å²) in [5, 5.41) is 1.54. The molecule has 0 amide bonds. The first-order valence-electron chi connectivity index (χ1n) is 5.41. The highest BCUT2D eigenvalue weighted by molar-refractivity contribution is 6.50. The molecule has 0 N–H and O–H groups in total. The van der Waals surface area contributed by atoms with Gasteiger partial charge in [-0.25, -0.2) is 0 Å². The van der Waals surface area contributed by atoms with Gasteiger partial charge in [-0.3, -0.25) is 0 Å². The Morgan fingerprint density at radius 2 is 1.43 bits per heavy atom. The van der Waals surface area contributed by atoms with Crippen LogP contribution in [-0.2, 0) is 0 Å². The van der Waals surface area contributed by atoms with Crippen molar-refractivity contribution < 1.29 is 0 Å². The van der Waals surface area contributed by atoms with E-state index in [1.54, 1.807) is 0 Å². The van der Waals surface area contributed by atoms with Gasteiger partial charge in [-0.1, -0.05) is 58.0 Å². The van der Waals surface area contributed by atoms with E-state index < -0.39 is 0 Å². The first-order valence-corrected chi connectivity index (χ1v) is 6.75. The minimum absolute atomic E-state index is 0.259. The van der Waals surface area contributed by atoms with E-state index in [1.165, 1.54) is 5.19 Å². The molecule has 0 aliphatic heterocycles. The lowest BCUT2D eigenvalue weighted by Gasteiger charge is -2.30. The van der Waals surface area contributed by atoms with Crippen molar-refractivity contribution in [2.45, 2.75) is 39.8 Å². The van der Waals surface area contributed by atoms with E-state index in [0.717, 1.165) is 0 Å². The number of rotatable bonds is 4. The Morgan fingerprint density at radius 3 is 1.86 bits per heavy atom. The molecular formula is C12H21NSi. The van der Waals surface area contributed by atoms with Crippen molar-refractivity contribution in [1.82, 2.24) is 4.57 Å². The Morgan fingerprint density at radius 1 is 0.929 bits per heavy atom. The van der Waals surface area contributed by atoms with E-state index in [4.69, 9.17) is 0 Å². The molecule has 2 heteroatoms. The molecule has 1 nitrogen and oxygen atoms in total. The monoisotopic (exact) mass is 207 g/mol. The van der Waals surface area contributed by atoms with Crippen molar-refractivity contribution in [1.29, 1.82) is 0 Å². The van der Waals surface area contributed by atoms with Gasteiger partial charge in [0.1, 0.15) is 9.68 Å². The minimum atomic E-state index is -0.259. The van der Waals surface area contributed by atoms with Crippen LogP contribution in [0.25, 0.3) is 0 Å². The third-order valence-electron chi connectivity index (χ3n) is 2.53. The SMILES string of the molecule is CC(C)N([SiH2]c1ccccc1)C(C)C. The van der Waals surface area contributed by atoms with Crippen LogP contribution in [0.3, 0.4) is 0 Å². The molecule has 0 aliphatic rings. The summed E-state index contributed by atoms with van der Waals surface area (Å²) in [6, 6.07) is 12.2. The highest BCUT2D eigenvalue weighted by Gasteiger charge is 2.13. The molecule has 0 fully saturated rings. The highest BCUT2D eigenvalue weighted by Crippen LogP contribution is 2.02. The number of hydrogen-bond donors (Lipinski definition) is 0. The third-order valence-corrected chi connectivity index (χ3v) is 5.20. The molecule has 0 bridgehead atoms. The Kier molecular flexibility index (Phi) is 4.36. The van der Waals surface area contributed by atoms with Crippen molar-refractivity contribution in [3.05, 3.63) is 30.3 Å². The van der Waals surface area contributed by atoms with Gasteiger partial charge in [-0.15, -0.1) is 0 Å². The third kappa shape index (κ3) is 3.27. The summed E-state index contributed by atoms with van der Waals surface area (Å²) in [5.74, 6) is 0. The smallest absolute Gasteiger partial charge is 0.127 e. The second-order valence-corrected chi connectivity index (χ2v) is 6.21. The predicted molar refractivity (Wildman–Crippen MR) is 66.7 cm³/mol. The van der Waals surface area contributed by atoms with Crippen LogP contribution in [0.4, 0.5) is 0 Å². The number of benzene rings is 1. The summed E-state index contributed by atoms with van der Waals surface area (Å²) in [6.07, 6.45) is 0. The summed E-state index contributed by atoms with van der Waals surface area (Å²) in [7, 11) is -0.259. The van der Waals surface area contributed by atoms with Crippen LogP contribution in [-0.4, -0.2) is 26.3 Å². The van der Waals surface area contributed by atoms with Crippen LogP contribution in [0.5, 0.6) is 0 Å². The van der Waals surface area contributed by atoms with Crippen LogP contribution in [0.1, 0.15) is 27.7 Å². The van der Waals surface area contributed by atoms with Gasteiger partial charge in [0, 0.05) is 0 Å². The largest absolute Gasteiger partial charge is 0.321 e. The molecule has 0 radical (unpaired) electrons. The second-order valence-electron chi connectivity index (χ2n) is 4.35. The van der Waals surface area contributed by atoms with E-state index >= 15 is 0 Å². The standard InChI is InChI=1S/C12H21NSi/c1-10(2)13(11(3)4)14-12-8-6-5-7-9-12/h5-11H,14H2,1-4H3. The van der Waals surface area contributed by atoms with Gasteiger partial charge in [-0.2, -0.15) is 0 Å². The fourth-order valence-corrected chi connectivity index (χ4v) is 3.39. The van der Waals surface area contributed by atoms with Crippen LogP contribution in [0.15, 0.2) is 30.3 Å². The Balaban J connectivity index is 2.65. The van der Waals surface area contributed by atoms with Crippen molar-refractivity contribution in [2.24, 2.45) is 0 Å². The van der Waals surface area contributed by atoms with E-state index in [9.17, 15) is 0 Å². The summed E-state index contributed by atoms with van der Waals surface area (Å²) in [4.78, 5) is 0. The van der Waals surface area contributed by atoms with Gasteiger partial charge in [-0.05, 0) is 17.3 Å². The summed E-state index contributed by atoms with van der Waals surface area (Å²) in [5.41, 5.74) is 0. The van der Waals surface area contributed by atoms with Gasteiger partial charge in [0.15, 0.2) is 0 Å². The van der Waals surface area contributed by atoms with E-state index in [2.05, 4.69) is 62.6 Å². The molecule has 0 saturated heterocycles. The molecule has 0 atom stereocenters. The fraction of sp³-hybridized carbons (Fsp3) is 0.500. The first-order chi connectivity index (χ1) is 6.61. The minimum Gasteiger partial charge on any atom is -0.321 e. The molecule has 78 valence electrons. The van der Waals surface area contributed by atoms with Crippen LogP contribution >= 0.6 is 0 Å². The zero-order valence-electron chi connectivity index (χ0n) is 9.70. The predicted octanol–water partition coefficient (Wildman–Crippen LogP) is 1.51. The lowest BCUT2D eigenvalue weighted by molar-refractivity contribution is 0.315. The molecule has 0 saturated carbocycles. The summed E-state index contributed by atoms with van der Waals surface area (Å²) >= 11 is 0. The number of hydrogen-bond acceptors (Lipinski definition) is 1. The van der Waals surface area contributed by atoms with Crippen molar-refractivity contribution in [2.75, 3.05) is 0 Å². The Labute approximate surface area is 90.0 Å². The molecule has 0 spiro atoms. The summed E-state index contributed by atoms with van der Waals surface area (Å²) < 4.78 is 2.63. The molecule has 1 rings (SSSR count).